The van der Waals surface area contributed by atoms with E-state index < -0.39 is 0 Å². The summed E-state index contributed by atoms with van der Waals surface area (Å²) in [5.41, 5.74) is 12.4. The minimum absolute atomic E-state index is 0.119. The van der Waals surface area contributed by atoms with Crippen molar-refractivity contribution >= 4 is 22.9 Å². The van der Waals surface area contributed by atoms with Crippen LogP contribution in [0.1, 0.15) is 0 Å². The average Bonchev–Trinajstić information content (AvgIpc) is 2.39. The van der Waals surface area contributed by atoms with E-state index in [0.29, 0.717) is 0 Å². The molecule has 2 rings (SSSR count). The van der Waals surface area contributed by atoms with Crippen LogP contribution in [-0.2, 0) is 0 Å². The fourth-order valence-corrected chi connectivity index (χ4v) is 1.30. The van der Waals surface area contributed by atoms with Crippen LogP contribution in [0.25, 0.3) is 11.0 Å². The van der Waals surface area contributed by atoms with Crippen molar-refractivity contribution in [1.82, 2.24) is 9.55 Å². The van der Waals surface area contributed by atoms with Crippen LogP contribution >= 0.6 is 0 Å². The summed E-state index contributed by atoms with van der Waals surface area (Å²) in [4.78, 5) is 4.05. The van der Waals surface area contributed by atoms with Crippen molar-refractivity contribution in [2.24, 2.45) is 5.73 Å². The van der Waals surface area contributed by atoms with E-state index in [9.17, 15) is 0 Å². The van der Waals surface area contributed by atoms with E-state index in [1.165, 1.54) is 4.57 Å². The number of nitrogen functional groups attached to an aromatic ring is 2. The number of para-hydroxylation sites is 2. The van der Waals surface area contributed by atoms with Crippen molar-refractivity contribution in [2.75, 3.05) is 5.73 Å². The van der Waals surface area contributed by atoms with Crippen LogP contribution in [0.4, 0.5) is 5.95 Å². The highest BCUT2D eigenvalue weighted by atomic mass is 15.2. The third kappa shape index (κ3) is 1.01. The Morgan fingerprint density at radius 2 is 2.08 bits per heavy atom. The molecule has 0 bridgehead atoms. The number of imidazole rings is 1. The molecule has 0 aliphatic rings. The summed E-state index contributed by atoms with van der Waals surface area (Å²) in [7, 11) is 0. The summed E-state index contributed by atoms with van der Waals surface area (Å²) in [6.45, 7) is 0. The second-order valence-corrected chi connectivity index (χ2v) is 2.68. The SMILES string of the molecule is N=C(N)n1c(N)nc2ccccc21. The van der Waals surface area contributed by atoms with Gasteiger partial charge in [0.15, 0.2) is 5.96 Å². The number of nitrogens with one attached hydrogen (secondary N) is 1. The largest absolute Gasteiger partial charge is 0.369 e. The van der Waals surface area contributed by atoms with Gasteiger partial charge in [0.2, 0.25) is 5.95 Å². The highest BCUT2D eigenvalue weighted by Crippen LogP contribution is 2.15. The Bertz CT molecular complexity index is 470. The van der Waals surface area contributed by atoms with Gasteiger partial charge in [-0.25, -0.2) is 9.55 Å². The topological polar surface area (TPSA) is 93.7 Å². The molecule has 66 valence electrons. The Hall–Kier alpha value is -2.04. The summed E-state index contributed by atoms with van der Waals surface area (Å²) in [5.74, 6) is 0.125. The van der Waals surface area contributed by atoms with Crippen molar-refractivity contribution in [3.05, 3.63) is 24.3 Å². The van der Waals surface area contributed by atoms with Crippen molar-refractivity contribution in [2.45, 2.75) is 0 Å². The quantitative estimate of drug-likeness (QED) is 0.398. The molecule has 0 radical (unpaired) electrons. The van der Waals surface area contributed by atoms with Crippen LogP contribution in [0.2, 0.25) is 0 Å². The first-order chi connectivity index (χ1) is 6.20. The normalized spacial score (nSPS) is 10.5. The Morgan fingerprint density at radius 3 is 2.77 bits per heavy atom. The minimum atomic E-state index is -0.119. The molecule has 1 aromatic heterocycles. The molecular weight excluding hydrogens is 166 g/mol. The number of benzene rings is 1. The standard InChI is InChI=1S/C8H9N5/c9-7(10)13-6-4-2-1-3-5(6)12-8(13)11/h1-4H,(H3,9,10)(H2,11,12). The summed E-state index contributed by atoms with van der Waals surface area (Å²) in [6.07, 6.45) is 0. The number of nitrogens with zero attached hydrogens (tertiary/aromatic N) is 2. The van der Waals surface area contributed by atoms with Crippen LogP contribution in [-0.4, -0.2) is 15.5 Å². The lowest BCUT2D eigenvalue weighted by atomic mass is 10.3. The lowest BCUT2D eigenvalue weighted by Gasteiger charge is -2.00. The molecule has 0 atom stereocenters. The van der Waals surface area contributed by atoms with Gasteiger partial charge in [-0.1, -0.05) is 12.1 Å². The number of anilines is 1. The van der Waals surface area contributed by atoms with Gasteiger partial charge in [0.25, 0.3) is 0 Å². The van der Waals surface area contributed by atoms with Gasteiger partial charge in [0.05, 0.1) is 11.0 Å². The molecule has 13 heavy (non-hydrogen) atoms. The number of aromatic nitrogens is 2. The third-order valence-electron chi connectivity index (χ3n) is 1.83. The maximum absolute atomic E-state index is 7.30. The molecule has 0 saturated heterocycles. The van der Waals surface area contributed by atoms with Crippen LogP contribution in [0.5, 0.6) is 0 Å². The molecule has 0 fully saturated rings. The van der Waals surface area contributed by atoms with Gasteiger partial charge in [-0.3, -0.25) is 5.41 Å². The van der Waals surface area contributed by atoms with E-state index in [2.05, 4.69) is 4.98 Å². The Kier molecular flexibility index (Phi) is 1.45. The maximum Gasteiger partial charge on any atom is 0.208 e. The van der Waals surface area contributed by atoms with Gasteiger partial charge in [-0.05, 0) is 12.1 Å². The highest BCUT2D eigenvalue weighted by molar-refractivity contribution is 5.92. The van der Waals surface area contributed by atoms with Crippen molar-refractivity contribution in [3.8, 4) is 0 Å². The van der Waals surface area contributed by atoms with Gasteiger partial charge in [0, 0.05) is 0 Å². The third-order valence-corrected chi connectivity index (χ3v) is 1.83. The summed E-state index contributed by atoms with van der Waals surface area (Å²) < 4.78 is 1.40. The fraction of sp³-hybridized carbons (Fsp3) is 0. The second-order valence-electron chi connectivity index (χ2n) is 2.68. The molecule has 1 aromatic carbocycles. The minimum Gasteiger partial charge on any atom is -0.369 e. The monoisotopic (exact) mass is 175 g/mol. The molecule has 2 aromatic rings. The predicted molar refractivity (Wildman–Crippen MR) is 51.5 cm³/mol. The Labute approximate surface area is 74.5 Å². The first-order valence-corrected chi connectivity index (χ1v) is 3.77. The Balaban J connectivity index is 2.86. The Morgan fingerprint density at radius 1 is 1.38 bits per heavy atom. The zero-order valence-corrected chi connectivity index (χ0v) is 6.86. The van der Waals surface area contributed by atoms with Gasteiger partial charge in [0.1, 0.15) is 0 Å². The first-order valence-electron chi connectivity index (χ1n) is 3.77. The van der Waals surface area contributed by atoms with Crippen molar-refractivity contribution in [1.29, 1.82) is 5.41 Å². The molecule has 1 heterocycles. The molecule has 0 saturated carbocycles. The molecule has 0 spiro atoms. The maximum atomic E-state index is 7.30. The van der Waals surface area contributed by atoms with Crippen LogP contribution in [0.3, 0.4) is 0 Å². The van der Waals surface area contributed by atoms with Gasteiger partial charge in [-0.2, -0.15) is 0 Å². The van der Waals surface area contributed by atoms with Crippen molar-refractivity contribution < 1.29 is 0 Å². The number of fused-ring (bicyclic) bond motifs is 1. The highest BCUT2D eigenvalue weighted by Gasteiger charge is 2.08. The van der Waals surface area contributed by atoms with E-state index >= 15 is 0 Å². The summed E-state index contributed by atoms with van der Waals surface area (Å²) >= 11 is 0. The van der Waals surface area contributed by atoms with Crippen LogP contribution in [0, 0.1) is 5.41 Å². The molecule has 5 nitrogen and oxygen atoms in total. The van der Waals surface area contributed by atoms with E-state index in [4.69, 9.17) is 16.9 Å². The second kappa shape index (κ2) is 2.48. The fourth-order valence-electron chi connectivity index (χ4n) is 1.30. The van der Waals surface area contributed by atoms with Gasteiger partial charge >= 0.3 is 0 Å². The van der Waals surface area contributed by atoms with Crippen LogP contribution < -0.4 is 11.5 Å². The smallest absolute Gasteiger partial charge is 0.208 e. The molecule has 5 N–H and O–H groups in total. The van der Waals surface area contributed by atoms with E-state index in [0.717, 1.165) is 11.0 Å². The number of rotatable bonds is 0. The number of hydrogen-bond acceptors (Lipinski definition) is 3. The number of hydrogen-bond donors (Lipinski definition) is 3. The van der Waals surface area contributed by atoms with E-state index in [1.54, 1.807) is 0 Å². The lowest BCUT2D eigenvalue weighted by molar-refractivity contribution is 1.13. The molecule has 0 aliphatic carbocycles. The molecular formula is C8H9N5. The summed E-state index contributed by atoms with van der Waals surface area (Å²) in [6, 6.07) is 7.35. The number of nitrogens with two attached hydrogens (primary N) is 2. The van der Waals surface area contributed by atoms with E-state index in [1.807, 2.05) is 24.3 Å². The summed E-state index contributed by atoms with van der Waals surface area (Å²) in [5, 5.41) is 7.30. The first kappa shape index (κ1) is 7.60. The molecule has 0 aliphatic heterocycles. The predicted octanol–water partition coefficient (Wildman–Crippen LogP) is 0.360. The zero-order valence-electron chi connectivity index (χ0n) is 6.86. The van der Waals surface area contributed by atoms with Crippen LogP contribution in [0.15, 0.2) is 24.3 Å². The van der Waals surface area contributed by atoms with Crippen molar-refractivity contribution in [3.63, 3.8) is 0 Å². The molecule has 0 unspecified atom stereocenters. The average molecular weight is 175 g/mol. The molecule has 5 heteroatoms. The molecule has 0 amide bonds. The van der Waals surface area contributed by atoms with Gasteiger partial charge in [-0.15, -0.1) is 0 Å². The van der Waals surface area contributed by atoms with Gasteiger partial charge < -0.3 is 11.5 Å². The lowest BCUT2D eigenvalue weighted by Crippen LogP contribution is -2.22. The van der Waals surface area contributed by atoms with E-state index in [-0.39, 0.29) is 11.9 Å². The zero-order chi connectivity index (χ0) is 9.42.